The van der Waals surface area contributed by atoms with Gasteiger partial charge in [-0.15, -0.1) is 11.3 Å². The van der Waals surface area contributed by atoms with Crippen LogP contribution in [-0.2, 0) is 21.2 Å². The fraction of sp³-hybridized carbons (Fsp3) is 0.286. The second-order valence-corrected chi connectivity index (χ2v) is 13.0. The molecule has 0 unspecified atom stereocenters. The Morgan fingerprint density at radius 2 is 1.95 bits per heavy atom. The number of unbranched alkanes of at least 4 members (excludes halogenated alkanes) is 1. The fourth-order valence-corrected chi connectivity index (χ4v) is 7.94. The molecular weight excluding hydrogens is 561 g/mol. The number of sulfonamides is 1. The van der Waals surface area contributed by atoms with Gasteiger partial charge in [-0.1, -0.05) is 60.8 Å². The minimum Gasteiger partial charge on any atom is -0.330 e. The Kier molecular flexibility index (Phi) is 8.07. The topological polar surface area (TPSA) is 70.6 Å². The lowest BCUT2D eigenvalue weighted by Gasteiger charge is -2.38. The fourth-order valence-electron chi connectivity index (χ4n) is 4.93. The van der Waals surface area contributed by atoms with Gasteiger partial charge in [0.1, 0.15) is 4.90 Å². The molecule has 0 fully saturated rings. The zero-order valence-corrected chi connectivity index (χ0v) is 24.0. The molecule has 0 spiro atoms. The molecule has 2 aromatic heterocycles. The van der Waals surface area contributed by atoms with Gasteiger partial charge >= 0.3 is 0 Å². The summed E-state index contributed by atoms with van der Waals surface area (Å²) in [7, 11) is -4.00. The summed E-state index contributed by atoms with van der Waals surface area (Å²) in [6, 6.07) is 15.6. The van der Waals surface area contributed by atoms with Gasteiger partial charge in [0.15, 0.2) is 0 Å². The second kappa shape index (κ2) is 11.3. The Labute approximate surface area is 236 Å². The normalized spacial score (nSPS) is 15.7. The molecule has 198 valence electrons. The predicted octanol–water partition coefficient (Wildman–Crippen LogP) is 6.57. The molecule has 3 heterocycles. The van der Waals surface area contributed by atoms with Gasteiger partial charge in [0.05, 0.1) is 18.1 Å². The summed E-state index contributed by atoms with van der Waals surface area (Å²) in [5.41, 5.74) is 2.18. The molecule has 2 aromatic carbocycles. The Balaban J connectivity index is 1.51. The quantitative estimate of drug-likeness (QED) is 0.234. The van der Waals surface area contributed by atoms with E-state index in [1.165, 1.54) is 9.18 Å². The number of carbonyl (C=O) groups is 1. The first-order valence-corrected chi connectivity index (χ1v) is 15.5. The van der Waals surface area contributed by atoms with Crippen LogP contribution in [0.2, 0.25) is 10.0 Å². The van der Waals surface area contributed by atoms with Crippen LogP contribution in [0.4, 0.5) is 0 Å². The first-order valence-electron chi connectivity index (χ1n) is 12.5. The van der Waals surface area contributed by atoms with Crippen LogP contribution in [0.25, 0.3) is 10.9 Å². The summed E-state index contributed by atoms with van der Waals surface area (Å²) in [6.07, 6.45) is 3.70. The maximum atomic E-state index is 14.0. The van der Waals surface area contributed by atoms with Gasteiger partial charge in [-0.05, 0) is 59.7 Å². The van der Waals surface area contributed by atoms with E-state index in [-0.39, 0.29) is 23.9 Å². The number of amides is 1. The number of thiophene rings is 1. The minimum atomic E-state index is -4.00. The standard InChI is InChI=1S/C28H27Cl2N3O3S2/c1-2-3-14-32(38(35,36)25-8-4-6-19-7-5-13-31-27(19)25)18-26(34)33-15-11-24-22(12-16-37-24)28(33)21-10-9-20(29)17-23(21)30/h4-10,12-13,16-17,28H,2-3,11,14-15,18H2,1H3/t28-/m0/s1. The molecule has 0 saturated heterocycles. The average molecular weight is 589 g/mol. The SMILES string of the molecule is CCCCN(CC(=O)N1CCc2sccc2[C@@H]1c1ccc(Cl)cc1Cl)S(=O)(=O)c1cccc2cccnc12. The number of fused-ring (bicyclic) bond motifs is 2. The van der Waals surface area contributed by atoms with Crippen molar-refractivity contribution in [3.05, 3.63) is 92.2 Å². The molecule has 1 aliphatic heterocycles. The molecule has 1 atom stereocenters. The van der Waals surface area contributed by atoms with Crippen molar-refractivity contribution in [1.29, 1.82) is 0 Å². The van der Waals surface area contributed by atoms with E-state index in [1.807, 2.05) is 36.6 Å². The van der Waals surface area contributed by atoms with E-state index >= 15 is 0 Å². The summed E-state index contributed by atoms with van der Waals surface area (Å²) in [6.45, 7) is 2.42. The molecule has 10 heteroatoms. The highest BCUT2D eigenvalue weighted by molar-refractivity contribution is 7.89. The molecular formula is C28H27Cl2N3O3S2. The van der Waals surface area contributed by atoms with Crippen LogP contribution in [0, 0.1) is 0 Å². The highest BCUT2D eigenvalue weighted by Gasteiger charge is 2.36. The Hall–Kier alpha value is -2.49. The van der Waals surface area contributed by atoms with Crippen molar-refractivity contribution in [2.75, 3.05) is 19.6 Å². The molecule has 0 bridgehead atoms. The van der Waals surface area contributed by atoms with Crippen LogP contribution in [0.5, 0.6) is 0 Å². The van der Waals surface area contributed by atoms with E-state index in [1.54, 1.807) is 52.8 Å². The minimum absolute atomic E-state index is 0.107. The lowest BCUT2D eigenvalue weighted by molar-refractivity contribution is -0.133. The zero-order valence-electron chi connectivity index (χ0n) is 20.8. The van der Waals surface area contributed by atoms with Crippen LogP contribution in [-0.4, -0.2) is 48.1 Å². The lowest BCUT2D eigenvalue weighted by atomic mass is 9.93. The number of benzene rings is 2. The first-order chi connectivity index (χ1) is 18.3. The number of halogens is 2. The molecule has 38 heavy (non-hydrogen) atoms. The maximum Gasteiger partial charge on any atom is 0.245 e. The number of rotatable bonds is 8. The molecule has 0 aliphatic carbocycles. The van der Waals surface area contributed by atoms with Gasteiger partial charge in [0.25, 0.3) is 0 Å². The smallest absolute Gasteiger partial charge is 0.245 e. The first kappa shape index (κ1) is 27.1. The van der Waals surface area contributed by atoms with Crippen LogP contribution in [0.1, 0.15) is 41.8 Å². The molecule has 5 rings (SSSR count). The van der Waals surface area contributed by atoms with Crippen molar-refractivity contribution in [3.8, 4) is 0 Å². The van der Waals surface area contributed by atoms with Crippen LogP contribution >= 0.6 is 34.5 Å². The Bertz CT molecular complexity index is 1580. The van der Waals surface area contributed by atoms with Gasteiger partial charge in [-0.25, -0.2) is 8.42 Å². The van der Waals surface area contributed by atoms with Crippen LogP contribution < -0.4 is 0 Å². The number of pyridine rings is 1. The molecule has 6 nitrogen and oxygen atoms in total. The molecule has 0 saturated carbocycles. The van der Waals surface area contributed by atoms with Crippen LogP contribution in [0.15, 0.2) is 71.1 Å². The number of hydrogen-bond donors (Lipinski definition) is 0. The third kappa shape index (κ3) is 5.20. The third-order valence-corrected chi connectivity index (χ3v) is 10.3. The monoisotopic (exact) mass is 587 g/mol. The van der Waals surface area contributed by atoms with E-state index in [0.717, 1.165) is 22.9 Å². The van der Waals surface area contributed by atoms with E-state index in [9.17, 15) is 13.2 Å². The van der Waals surface area contributed by atoms with Crippen molar-refractivity contribution in [2.24, 2.45) is 0 Å². The van der Waals surface area contributed by atoms with Crippen molar-refractivity contribution >= 4 is 61.4 Å². The van der Waals surface area contributed by atoms with Crippen LogP contribution in [0.3, 0.4) is 0 Å². The third-order valence-electron chi connectivity index (χ3n) is 6.83. The van der Waals surface area contributed by atoms with Gasteiger partial charge in [0, 0.05) is 39.6 Å². The summed E-state index contributed by atoms with van der Waals surface area (Å²) < 4.78 is 29.2. The number of aromatic nitrogens is 1. The van der Waals surface area contributed by atoms with E-state index in [4.69, 9.17) is 23.2 Å². The number of carbonyl (C=O) groups excluding carboxylic acids is 1. The predicted molar refractivity (Wildman–Crippen MR) is 153 cm³/mol. The molecule has 0 N–H and O–H groups in total. The van der Waals surface area contributed by atoms with Gasteiger partial charge in [-0.2, -0.15) is 4.31 Å². The van der Waals surface area contributed by atoms with Gasteiger partial charge in [-0.3, -0.25) is 9.78 Å². The highest BCUT2D eigenvalue weighted by Crippen LogP contribution is 2.41. The van der Waals surface area contributed by atoms with Crippen molar-refractivity contribution in [2.45, 2.75) is 37.1 Å². The number of hydrogen-bond acceptors (Lipinski definition) is 5. The van der Waals surface area contributed by atoms with E-state index < -0.39 is 16.1 Å². The van der Waals surface area contributed by atoms with Crippen molar-refractivity contribution in [3.63, 3.8) is 0 Å². The molecule has 1 aliphatic rings. The summed E-state index contributed by atoms with van der Waals surface area (Å²) in [5.74, 6) is -0.272. The Morgan fingerprint density at radius 3 is 2.74 bits per heavy atom. The van der Waals surface area contributed by atoms with Gasteiger partial charge in [0.2, 0.25) is 15.9 Å². The zero-order chi connectivity index (χ0) is 26.9. The molecule has 0 radical (unpaired) electrons. The molecule has 1 amide bonds. The number of nitrogens with zero attached hydrogens (tertiary/aromatic N) is 3. The largest absolute Gasteiger partial charge is 0.330 e. The van der Waals surface area contributed by atoms with Gasteiger partial charge < -0.3 is 4.90 Å². The lowest BCUT2D eigenvalue weighted by Crippen LogP contribution is -2.47. The highest BCUT2D eigenvalue weighted by atomic mass is 35.5. The Morgan fingerprint density at radius 1 is 1.13 bits per heavy atom. The molecule has 4 aromatic rings. The average Bonchev–Trinajstić information content (AvgIpc) is 3.39. The van der Waals surface area contributed by atoms with Crippen molar-refractivity contribution < 1.29 is 13.2 Å². The maximum absolute atomic E-state index is 14.0. The summed E-state index contributed by atoms with van der Waals surface area (Å²) in [4.78, 5) is 21.3. The van der Waals surface area contributed by atoms with Crippen molar-refractivity contribution in [1.82, 2.24) is 14.2 Å². The summed E-state index contributed by atoms with van der Waals surface area (Å²) in [5, 5.41) is 3.73. The summed E-state index contributed by atoms with van der Waals surface area (Å²) >= 11 is 14.4. The number of para-hydroxylation sites is 1. The second-order valence-electron chi connectivity index (χ2n) is 9.23. The van der Waals surface area contributed by atoms with E-state index in [2.05, 4.69) is 4.98 Å². The van der Waals surface area contributed by atoms with E-state index in [0.29, 0.717) is 34.9 Å².